The Balaban J connectivity index is 1.44. The largest absolute Gasteiger partial charge is 0.460 e. The lowest BCUT2D eigenvalue weighted by Gasteiger charge is -2.09. The van der Waals surface area contributed by atoms with E-state index < -0.39 is 11.5 Å². The number of aromatic nitrogens is 1. The molecular formula is C25H26N2O4. The fourth-order valence-electron chi connectivity index (χ4n) is 3.11. The molecular weight excluding hydrogens is 392 g/mol. The highest BCUT2D eigenvalue weighted by molar-refractivity contribution is 5.88. The quantitative estimate of drug-likeness (QED) is 0.428. The van der Waals surface area contributed by atoms with E-state index in [0.29, 0.717) is 19.4 Å². The van der Waals surface area contributed by atoms with Gasteiger partial charge in [0.25, 0.3) is 5.56 Å². The summed E-state index contributed by atoms with van der Waals surface area (Å²) < 4.78 is 6.64. The minimum atomic E-state index is -0.693. The summed E-state index contributed by atoms with van der Waals surface area (Å²) in [5, 5.41) is 2.73. The summed E-state index contributed by atoms with van der Waals surface area (Å²) in [4.78, 5) is 36.9. The third-order valence-electron chi connectivity index (χ3n) is 4.85. The molecule has 6 heteroatoms. The predicted octanol–water partition coefficient (Wildman–Crippen LogP) is 3.11. The van der Waals surface area contributed by atoms with Gasteiger partial charge >= 0.3 is 5.97 Å². The van der Waals surface area contributed by atoms with E-state index in [2.05, 4.69) is 5.32 Å². The van der Waals surface area contributed by atoms with E-state index in [1.165, 1.54) is 16.2 Å². The van der Waals surface area contributed by atoms with Crippen LogP contribution in [0.2, 0.25) is 0 Å². The Hall–Kier alpha value is -3.67. The Morgan fingerprint density at radius 1 is 0.935 bits per heavy atom. The summed E-state index contributed by atoms with van der Waals surface area (Å²) in [5.41, 5.74) is 2.81. The van der Waals surface area contributed by atoms with Crippen LogP contribution in [0.1, 0.15) is 33.5 Å². The summed E-state index contributed by atoms with van der Waals surface area (Å²) in [7, 11) is 0. The Morgan fingerprint density at radius 2 is 1.68 bits per heavy atom. The van der Waals surface area contributed by atoms with Crippen LogP contribution in [0, 0.1) is 6.92 Å². The third-order valence-corrected chi connectivity index (χ3v) is 4.85. The number of carbonyl (C=O) groups is 2. The van der Waals surface area contributed by atoms with Crippen LogP contribution in [-0.2, 0) is 22.5 Å². The maximum absolute atomic E-state index is 12.6. The molecule has 1 aromatic heterocycles. The molecule has 0 saturated heterocycles. The number of pyridine rings is 1. The van der Waals surface area contributed by atoms with Crippen LogP contribution in [0.4, 0.5) is 0 Å². The molecule has 0 spiro atoms. The highest BCUT2D eigenvalue weighted by atomic mass is 16.5. The van der Waals surface area contributed by atoms with Gasteiger partial charge < -0.3 is 14.6 Å². The molecule has 0 aliphatic heterocycles. The predicted molar refractivity (Wildman–Crippen MR) is 119 cm³/mol. The number of esters is 1. The zero-order valence-electron chi connectivity index (χ0n) is 17.5. The van der Waals surface area contributed by atoms with Crippen molar-refractivity contribution in [3.63, 3.8) is 0 Å². The molecule has 3 rings (SSSR count). The van der Waals surface area contributed by atoms with E-state index in [9.17, 15) is 14.4 Å². The molecule has 0 saturated carbocycles. The smallest absolute Gasteiger partial charge is 0.343 e. The molecule has 0 radical (unpaired) electrons. The molecule has 0 atom stereocenters. The Morgan fingerprint density at radius 3 is 2.42 bits per heavy atom. The Kier molecular flexibility index (Phi) is 7.76. The second-order valence-electron chi connectivity index (χ2n) is 7.31. The van der Waals surface area contributed by atoms with Crippen molar-refractivity contribution in [1.82, 2.24) is 9.88 Å². The summed E-state index contributed by atoms with van der Waals surface area (Å²) in [5.74, 6) is -0.803. The fraction of sp³-hybridized carbons (Fsp3) is 0.240. The van der Waals surface area contributed by atoms with E-state index in [4.69, 9.17) is 4.74 Å². The number of ether oxygens (including phenoxy) is 1. The van der Waals surface area contributed by atoms with Crippen molar-refractivity contribution in [1.29, 1.82) is 0 Å². The van der Waals surface area contributed by atoms with Gasteiger partial charge in [-0.25, -0.2) is 4.79 Å². The Labute approximate surface area is 181 Å². The highest BCUT2D eigenvalue weighted by Gasteiger charge is 2.14. The first-order chi connectivity index (χ1) is 15.0. The molecule has 31 heavy (non-hydrogen) atoms. The summed E-state index contributed by atoms with van der Waals surface area (Å²) in [6.45, 7) is 2.59. The summed E-state index contributed by atoms with van der Waals surface area (Å²) in [6, 6.07) is 20.7. The van der Waals surface area contributed by atoms with Crippen molar-refractivity contribution in [3.05, 3.63) is 106 Å². The van der Waals surface area contributed by atoms with Crippen molar-refractivity contribution in [3.8, 4) is 0 Å². The number of aryl methyl sites for hydroxylation is 2. The van der Waals surface area contributed by atoms with Gasteiger partial charge in [-0.05, 0) is 36.6 Å². The van der Waals surface area contributed by atoms with Crippen LogP contribution < -0.4 is 10.9 Å². The number of amides is 1. The van der Waals surface area contributed by atoms with Gasteiger partial charge in [0.2, 0.25) is 5.91 Å². The Bertz CT molecular complexity index is 1070. The maximum atomic E-state index is 12.6. The monoisotopic (exact) mass is 418 g/mol. The molecule has 2 aromatic carbocycles. The molecule has 0 aliphatic carbocycles. The summed E-state index contributed by atoms with van der Waals surface area (Å²) in [6.07, 6.45) is 2.65. The van der Waals surface area contributed by atoms with Gasteiger partial charge in [-0.1, -0.05) is 60.2 Å². The first-order valence-electron chi connectivity index (χ1n) is 10.3. The van der Waals surface area contributed by atoms with Crippen LogP contribution in [0.5, 0.6) is 0 Å². The number of rotatable bonds is 9. The normalized spacial score (nSPS) is 10.5. The molecule has 0 unspecified atom stereocenters. The molecule has 1 N–H and O–H groups in total. The zero-order valence-corrected chi connectivity index (χ0v) is 17.5. The standard InChI is InChI=1S/C25H26N2O4/c1-19-9-11-20(12-10-19)13-14-23(28)26-15-17-31-25(30)22-8-5-16-27(24(22)29)18-21-6-3-2-4-7-21/h2-12,16H,13-15,17-18H2,1H3,(H,26,28). The van der Waals surface area contributed by atoms with Crippen molar-refractivity contribution in [2.75, 3.05) is 13.2 Å². The average Bonchev–Trinajstić information content (AvgIpc) is 2.78. The molecule has 0 bridgehead atoms. The first kappa shape index (κ1) is 22.0. The topological polar surface area (TPSA) is 77.4 Å². The van der Waals surface area contributed by atoms with Crippen molar-refractivity contribution < 1.29 is 14.3 Å². The molecule has 1 amide bonds. The average molecular weight is 418 g/mol. The fourth-order valence-corrected chi connectivity index (χ4v) is 3.11. The SMILES string of the molecule is Cc1ccc(CCC(=O)NCCOC(=O)c2cccn(Cc3ccccc3)c2=O)cc1. The molecule has 3 aromatic rings. The van der Waals surface area contributed by atoms with Gasteiger partial charge in [0.05, 0.1) is 13.1 Å². The van der Waals surface area contributed by atoms with Crippen LogP contribution in [0.3, 0.4) is 0 Å². The minimum absolute atomic E-state index is 0.00211. The van der Waals surface area contributed by atoms with Gasteiger partial charge in [0.15, 0.2) is 0 Å². The molecule has 0 fully saturated rings. The van der Waals surface area contributed by atoms with Crippen LogP contribution in [0.15, 0.2) is 77.7 Å². The van der Waals surface area contributed by atoms with Crippen LogP contribution >= 0.6 is 0 Å². The lowest BCUT2D eigenvalue weighted by Crippen LogP contribution is -2.30. The molecule has 1 heterocycles. The number of nitrogens with zero attached hydrogens (tertiary/aromatic N) is 1. The number of hydrogen-bond acceptors (Lipinski definition) is 4. The third kappa shape index (κ3) is 6.67. The van der Waals surface area contributed by atoms with Crippen LogP contribution in [0.25, 0.3) is 0 Å². The van der Waals surface area contributed by atoms with Crippen molar-refractivity contribution >= 4 is 11.9 Å². The second kappa shape index (κ2) is 10.9. The zero-order chi connectivity index (χ0) is 22.1. The lowest BCUT2D eigenvalue weighted by molar-refractivity contribution is -0.121. The van der Waals surface area contributed by atoms with E-state index in [1.54, 1.807) is 12.3 Å². The molecule has 6 nitrogen and oxygen atoms in total. The van der Waals surface area contributed by atoms with E-state index in [-0.39, 0.29) is 24.6 Å². The van der Waals surface area contributed by atoms with Crippen LogP contribution in [-0.4, -0.2) is 29.6 Å². The van der Waals surface area contributed by atoms with Gasteiger partial charge in [0.1, 0.15) is 12.2 Å². The van der Waals surface area contributed by atoms with Gasteiger partial charge in [-0.2, -0.15) is 0 Å². The highest BCUT2D eigenvalue weighted by Crippen LogP contribution is 2.06. The maximum Gasteiger partial charge on any atom is 0.343 e. The lowest BCUT2D eigenvalue weighted by atomic mass is 10.1. The number of benzene rings is 2. The van der Waals surface area contributed by atoms with Crippen molar-refractivity contribution in [2.24, 2.45) is 0 Å². The van der Waals surface area contributed by atoms with Gasteiger partial charge in [-0.3, -0.25) is 9.59 Å². The molecule has 0 aliphatic rings. The van der Waals surface area contributed by atoms with E-state index >= 15 is 0 Å². The van der Waals surface area contributed by atoms with E-state index in [0.717, 1.165) is 11.1 Å². The summed E-state index contributed by atoms with van der Waals surface area (Å²) >= 11 is 0. The van der Waals surface area contributed by atoms with E-state index in [1.807, 2.05) is 61.5 Å². The minimum Gasteiger partial charge on any atom is -0.460 e. The van der Waals surface area contributed by atoms with Crippen molar-refractivity contribution in [2.45, 2.75) is 26.3 Å². The second-order valence-corrected chi connectivity index (χ2v) is 7.31. The molecule has 160 valence electrons. The van der Waals surface area contributed by atoms with Gasteiger partial charge in [-0.15, -0.1) is 0 Å². The number of hydrogen-bond donors (Lipinski definition) is 1. The number of carbonyl (C=O) groups excluding carboxylic acids is 2. The van der Waals surface area contributed by atoms with Gasteiger partial charge in [0, 0.05) is 12.6 Å². The number of nitrogens with one attached hydrogen (secondary N) is 1. The first-order valence-corrected chi connectivity index (χ1v) is 10.3.